The molecule has 0 unspecified atom stereocenters. The maximum Gasteiger partial charge on any atom is 0.227 e. The molecule has 1 aromatic carbocycles. The molecule has 4 nitrogen and oxygen atoms in total. The number of benzene rings is 1. The van der Waals surface area contributed by atoms with Crippen molar-refractivity contribution < 1.29 is 4.79 Å². The van der Waals surface area contributed by atoms with Gasteiger partial charge in [0.05, 0.1) is 6.42 Å². The molecule has 1 saturated heterocycles. The number of H-pyrrole nitrogens is 1. The zero-order valence-corrected chi connectivity index (χ0v) is 12.1. The van der Waals surface area contributed by atoms with Gasteiger partial charge >= 0.3 is 0 Å². The Morgan fingerprint density at radius 2 is 1.90 bits per heavy atom. The molecule has 2 heterocycles. The van der Waals surface area contributed by atoms with Crippen LogP contribution in [0.5, 0.6) is 0 Å². The van der Waals surface area contributed by atoms with E-state index in [0.717, 1.165) is 37.3 Å². The Hall–Kier alpha value is -1.81. The molecule has 0 aliphatic carbocycles. The van der Waals surface area contributed by atoms with Crippen molar-refractivity contribution in [2.45, 2.75) is 20.3 Å². The van der Waals surface area contributed by atoms with Crippen molar-refractivity contribution >= 4 is 16.8 Å². The standard InChI is InChI=1S/C16H21N3O/c1-11-3-4-12(2)16-15(11)13(10-18-16)9-14(20)19-7-5-17-6-8-19/h3-4,10,17-18H,5-9H2,1-2H3. The molecule has 2 N–H and O–H groups in total. The van der Waals surface area contributed by atoms with Crippen LogP contribution in [0.4, 0.5) is 0 Å². The molecule has 0 saturated carbocycles. The highest BCUT2D eigenvalue weighted by Crippen LogP contribution is 2.25. The highest BCUT2D eigenvalue weighted by Gasteiger charge is 2.18. The SMILES string of the molecule is Cc1ccc(C)c2c(CC(=O)N3CCNCC3)c[nH]c12. The van der Waals surface area contributed by atoms with Crippen molar-refractivity contribution in [3.8, 4) is 0 Å². The van der Waals surface area contributed by atoms with Crippen LogP contribution in [0.3, 0.4) is 0 Å². The number of amides is 1. The molecular formula is C16H21N3O. The average Bonchev–Trinajstić information content (AvgIpc) is 2.89. The minimum Gasteiger partial charge on any atom is -0.361 e. The molecule has 3 rings (SSSR count). The van der Waals surface area contributed by atoms with Crippen LogP contribution in [-0.4, -0.2) is 42.0 Å². The smallest absolute Gasteiger partial charge is 0.227 e. The second-order valence-electron chi connectivity index (χ2n) is 5.57. The molecule has 0 atom stereocenters. The lowest BCUT2D eigenvalue weighted by Crippen LogP contribution is -2.46. The number of nitrogens with one attached hydrogen (secondary N) is 2. The topological polar surface area (TPSA) is 48.1 Å². The monoisotopic (exact) mass is 271 g/mol. The largest absolute Gasteiger partial charge is 0.361 e. The number of nitrogens with zero attached hydrogens (tertiary/aromatic N) is 1. The van der Waals surface area contributed by atoms with Crippen LogP contribution in [-0.2, 0) is 11.2 Å². The van der Waals surface area contributed by atoms with Gasteiger partial charge in [-0.2, -0.15) is 0 Å². The number of hydrogen-bond acceptors (Lipinski definition) is 2. The number of carbonyl (C=O) groups is 1. The summed E-state index contributed by atoms with van der Waals surface area (Å²) in [6.07, 6.45) is 2.48. The van der Waals surface area contributed by atoms with Crippen LogP contribution in [0.15, 0.2) is 18.3 Å². The Balaban J connectivity index is 1.87. The summed E-state index contributed by atoms with van der Waals surface area (Å²) >= 11 is 0. The number of aryl methyl sites for hydroxylation is 2. The van der Waals surface area contributed by atoms with E-state index in [1.54, 1.807) is 0 Å². The Bertz CT molecular complexity index is 638. The lowest BCUT2D eigenvalue weighted by atomic mass is 10.0. The Morgan fingerprint density at radius 1 is 1.20 bits per heavy atom. The molecule has 1 aliphatic heterocycles. The zero-order chi connectivity index (χ0) is 14.1. The van der Waals surface area contributed by atoms with Gasteiger partial charge in [-0.15, -0.1) is 0 Å². The van der Waals surface area contributed by atoms with Crippen LogP contribution in [0, 0.1) is 13.8 Å². The predicted molar refractivity (Wildman–Crippen MR) is 80.9 cm³/mol. The summed E-state index contributed by atoms with van der Waals surface area (Å²) < 4.78 is 0. The summed E-state index contributed by atoms with van der Waals surface area (Å²) in [6.45, 7) is 7.64. The zero-order valence-electron chi connectivity index (χ0n) is 12.1. The Kier molecular flexibility index (Phi) is 3.49. The number of aromatic amines is 1. The second-order valence-corrected chi connectivity index (χ2v) is 5.57. The van der Waals surface area contributed by atoms with Crippen molar-refractivity contribution in [3.05, 3.63) is 35.0 Å². The number of aromatic nitrogens is 1. The molecule has 20 heavy (non-hydrogen) atoms. The van der Waals surface area contributed by atoms with E-state index >= 15 is 0 Å². The van der Waals surface area contributed by atoms with Crippen LogP contribution < -0.4 is 5.32 Å². The molecule has 106 valence electrons. The van der Waals surface area contributed by atoms with Gasteiger partial charge < -0.3 is 15.2 Å². The van der Waals surface area contributed by atoms with Gasteiger partial charge in [-0.3, -0.25) is 4.79 Å². The van der Waals surface area contributed by atoms with E-state index in [-0.39, 0.29) is 5.91 Å². The Labute approximate surface area is 119 Å². The minimum atomic E-state index is 0.230. The summed E-state index contributed by atoms with van der Waals surface area (Å²) in [5, 5.41) is 4.49. The first-order valence-corrected chi connectivity index (χ1v) is 7.21. The summed E-state index contributed by atoms with van der Waals surface area (Å²) in [6, 6.07) is 4.25. The molecule has 0 bridgehead atoms. The first-order chi connectivity index (χ1) is 9.66. The lowest BCUT2D eigenvalue weighted by Gasteiger charge is -2.27. The van der Waals surface area contributed by atoms with Gasteiger partial charge in [0.25, 0.3) is 0 Å². The number of rotatable bonds is 2. The highest BCUT2D eigenvalue weighted by molar-refractivity contribution is 5.92. The minimum absolute atomic E-state index is 0.230. The molecular weight excluding hydrogens is 250 g/mol. The molecule has 4 heteroatoms. The van der Waals surface area contributed by atoms with Crippen molar-refractivity contribution in [1.29, 1.82) is 0 Å². The van der Waals surface area contributed by atoms with E-state index in [1.807, 2.05) is 11.1 Å². The predicted octanol–water partition coefficient (Wildman–Crippen LogP) is 1.76. The van der Waals surface area contributed by atoms with Crippen LogP contribution in [0.2, 0.25) is 0 Å². The van der Waals surface area contributed by atoms with E-state index in [4.69, 9.17) is 0 Å². The fourth-order valence-corrected chi connectivity index (χ4v) is 2.97. The molecule has 1 amide bonds. The van der Waals surface area contributed by atoms with Gasteiger partial charge in [0, 0.05) is 43.3 Å². The Morgan fingerprint density at radius 3 is 2.65 bits per heavy atom. The van der Waals surface area contributed by atoms with Crippen LogP contribution >= 0.6 is 0 Å². The van der Waals surface area contributed by atoms with Gasteiger partial charge in [0.2, 0.25) is 5.91 Å². The average molecular weight is 271 g/mol. The first kappa shape index (κ1) is 13.2. The molecule has 1 aliphatic rings. The fourth-order valence-electron chi connectivity index (χ4n) is 2.97. The fraction of sp³-hybridized carbons (Fsp3) is 0.438. The molecule has 1 aromatic heterocycles. The van der Waals surface area contributed by atoms with Gasteiger partial charge in [-0.25, -0.2) is 0 Å². The van der Waals surface area contributed by atoms with E-state index in [1.165, 1.54) is 16.5 Å². The third-order valence-corrected chi connectivity index (χ3v) is 4.15. The molecule has 1 fully saturated rings. The maximum absolute atomic E-state index is 12.4. The quantitative estimate of drug-likeness (QED) is 0.874. The van der Waals surface area contributed by atoms with E-state index in [2.05, 4.69) is 36.3 Å². The van der Waals surface area contributed by atoms with Gasteiger partial charge in [0.15, 0.2) is 0 Å². The number of hydrogen-bond donors (Lipinski definition) is 2. The van der Waals surface area contributed by atoms with Crippen molar-refractivity contribution in [2.24, 2.45) is 0 Å². The maximum atomic E-state index is 12.4. The summed E-state index contributed by atoms with van der Waals surface area (Å²) in [5.41, 5.74) is 4.74. The van der Waals surface area contributed by atoms with Gasteiger partial charge in [-0.05, 0) is 30.5 Å². The molecule has 0 radical (unpaired) electrons. The third kappa shape index (κ3) is 2.31. The number of fused-ring (bicyclic) bond motifs is 1. The van der Waals surface area contributed by atoms with E-state index < -0.39 is 0 Å². The van der Waals surface area contributed by atoms with Gasteiger partial charge in [-0.1, -0.05) is 12.1 Å². The summed E-state index contributed by atoms with van der Waals surface area (Å²) in [5.74, 6) is 0.230. The van der Waals surface area contributed by atoms with Crippen LogP contribution in [0.1, 0.15) is 16.7 Å². The van der Waals surface area contributed by atoms with Crippen molar-refractivity contribution in [1.82, 2.24) is 15.2 Å². The van der Waals surface area contributed by atoms with Gasteiger partial charge in [0.1, 0.15) is 0 Å². The lowest BCUT2D eigenvalue weighted by molar-refractivity contribution is -0.131. The molecule has 2 aromatic rings. The highest BCUT2D eigenvalue weighted by atomic mass is 16.2. The summed E-state index contributed by atoms with van der Waals surface area (Å²) in [4.78, 5) is 17.7. The second kappa shape index (κ2) is 5.29. The first-order valence-electron chi connectivity index (χ1n) is 7.21. The van der Waals surface area contributed by atoms with Crippen molar-refractivity contribution in [3.63, 3.8) is 0 Å². The normalized spacial score (nSPS) is 15.8. The third-order valence-electron chi connectivity index (χ3n) is 4.15. The van der Waals surface area contributed by atoms with E-state index in [0.29, 0.717) is 6.42 Å². The number of piperazine rings is 1. The van der Waals surface area contributed by atoms with Crippen molar-refractivity contribution in [2.75, 3.05) is 26.2 Å². The van der Waals surface area contributed by atoms with E-state index in [9.17, 15) is 4.79 Å². The number of carbonyl (C=O) groups excluding carboxylic acids is 1. The van der Waals surface area contributed by atoms with Crippen LogP contribution in [0.25, 0.3) is 10.9 Å². The summed E-state index contributed by atoms with van der Waals surface area (Å²) in [7, 11) is 0. The molecule has 0 spiro atoms.